The summed E-state index contributed by atoms with van der Waals surface area (Å²) in [6.45, 7) is 2.32. The van der Waals surface area contributed by atoms with Crippen LogP contribution >= 0.6 is 0 Å². The second-order valence-corrected chi connectivity index (χ2v) is 6.59. The zero-order valence-electron chi connectivity index (χ0n) is 16.3. The lowest BCUT2D eigenvalue weighted by Gasteiger charge is -2.16. The molecule has 5 nitrogen and oxygen atoms in total. The molecule has 0 unspecified atom stereocenters. The molecule has 0 saturated carbocycles. The van der Waals surface area contributed by atoms with Gasteiger partial charge in [0.25, 0.3) is 11.8 Å². The summed E-state index contributed by atoms with van der Waals surface area (Å²) in [4.78, 5) is 27.7. The van der Waals surface area contributed by atoms with Gasteiger partial charge in [-0.15, -0.1) is 0 Å². The van der Waals surface area contributed by atoms with E-state index in [-0.39, 0.29) is 11.3 Å². The number of nitrogens with one attached hydrogen (secondary N) is 1. The quantitative estimate of drug-likeness (QED) is 0.611. The number of ether oxygens (including phenoxy) is 1. The zero-order valence-corrected chi connectivity index (χ0v) is 16.3. The van der Waals surface area contributed by atoms with Crippen LogP contribution in [-0.2, 0) is 9.59 Å². The Morgan fingerprint density at radius 1 is 0.867 bits per heavy atom. The first-order chi connectivity index (χ1) is 14.6. The Morgan fingerprint density at radius 3 is 2.23 bits per heavy atom. The maximum absolute atomic E-state index is 13.4. The fourth-order valence-corrected chi connectivity index (χ4v) is 3.33. The lowest BCUT2D eigenvalue weighted by atomic mass is 10.0. The van der Waals surface area contributed by atoms with Gasteiger partial charge in [0, 0.05) is 0 Å². The number of nitrogens with zero attached hydrogens (tertiary/aromatic N) is 1. The van der Waals surface area contributed by atoms with E-state index in [9.17, 15) is 14.0 Å². The van der Waals surface area contributed by atoms with E-state index in [2.05, 4.69) is 5.32 Å². The molecule has 6 heteroatoms. The number of anilines is 2. The molecular formula is C24H19FN2O3. The molecule has 3 aromatic carbocycles. The van der Waals surface area contributed by atoms with Gasteiger partial charge in [-0.2, -0.15) is 0 Å². The molecule has 1 aliphatic heterocycles. The van der Waals surface area contributed by atoms with E-state index in [1.54, 1.807) is 36.4 Å². The number of para-hydroxylation sites is 2. The summed E-state index contributed by atoms with van der Waals surface area (Å²) in [7, 11) is 0. The van der Waals surface area contributed by atoms with Crippen molar-refractivity contribution in [1.29, 1.82) is 0 Å². The summed E-state index contributed by atoms with van der Waals surface area (Å²) in [5.74, 6) is -0.871. The Balaban J connectivity index is 1.81. The molecule has 1 heterocycles. The van der Waals surface area contributed by atoms with Crippen molar-refractivity contribution in [1.82, 2.24) is 0 Å². The van der Waals surface area contributed by atoms with Gasteiger partial charge in [0.15, 0.2) is 0 Å². The minimum atomic E-state index is -0.517. The smallest absolute Gasteiger partial charge is 0.282 e. The van der Waals surface area contributed by atoms with E-state index < -0.39 is 17.6 Å². The van der Waals surface area contributed by atoms with Crippen LogP contribution in [0.1, 0.15) is 12.5 Å². The third kappa shape index (κ3) is 3.55. The Morgan fingerprint density at radius 2 is 1.53 bits per heavy atom. The maximum Gasteiger partial charge on any atom is 0.282 e. The average Bonchev–Trinajstić information content (AvgIpc) is 3.00. The Hall–Kier alpha value is -3.93. The fourth-order valence-electron chi connectivity index (χ4n) is 3.33. The molecule has 0 bridgehead atoms. The predicted molar refractivity (Wildman–Crippen MR) is 113 cm³/mol. The molecule has 0 fully saturated rings. The third-order valence-corrected chi connectivity index (χ3v) is 4.68. The number of amides is 2. The number of hydrogen-bond acceptors (Lipinski definition) is 4. The van der Waals surface area contributed by atoms with Gasteiger partial charge in [-0.3, -0.25) is 9.59 Å². The summed E-state index contributed by atoms with van der Waals surface area (Å²) in [6.07, 6.45) is 0. The van der Waals surface area contributed by atoms with Crippen molar-refractivity contribution in [2.75, 3.05) is 16.8 Å². The maximum atomic E-state index is 13.4. The van der Waals surface area contributed by atoms with Crippen LogP contribution in [0.25, 0.3) is 5.57 Å². The Bertz CT molecular complexity index is 1120. The van der Waals surface area contributed by atoms with E-state index >= 15 is 0 Å². The number of halogens is 1. The number of benzene rings is 3. The van der Waals surface area contributed by atoms with E-state index in [0.717, 1.165) is 4.90 Å². The number of rotatable bonds is 6. The van der Waals surface area contributed by atoms with E-state index in [1.807, 2.05) is 25.1 Å². The Labute approximate surface area is 173 Å². The molecule has 0 atom stereocenters. The first-order valence-electron chi connectivity index (χ1n) is 9.53. The molecule has 0 aliphatic carbocycles. The lowest BCUT2D eigenvalue weighted by molar-refractivity contribution is -0.120. The standard InChI is InChI=1S/C24H19FN2O3/c1-2-30-20-11-7-6-10-19(20)26-22-21(16-8-4-3-5-9-16)23(28)27(24(22)29)18-14-12-17(25)13-15-18/h3-15,26H,2H2,1H3. The van der Waals surface area contributed by atoms with Crippen LogP contribution in [0.5, 0.6) is 5.75 Å². The van der Waals surface area contributed by atoms with Crippen molar-refractivity contribution in [2.45, 2.75) is 6.92 Å². The summed E-state index contributed by atoms with van der Waals surface area (Å²) in [5, 5.41) is 3.10. The highest BCUT2D eigenvalue weighted by atomic mass is 19.1. The molecule has 3 aromatic rings. The Kier molecular flexibility index (Phi) is 5.30. The molecular weight excluding hydrogens is 383 g/mol. The first kappa shape index (κ1) is 19.4. The molecule has 1 N–H and O–H groups in total. The first-order valence-corrected chi connectivity index (χ1v) is 9.53. The van der Waals surface area contributed by atoms with Gasteiger partial charge in [0.1, 0.15) is 17.3 Å². The molecule has 2 amide bonds. The van der Waals surface area contributed by atoms with Gasteiger partial charge in [0.2, 0.25) is 0 Å². The lowest BCUT2D eigenvalue weighted by Crippen LogP contribution is -2.32. The van der Waals surface area contributed by atoms with Crippen molar-refractivity contribution < 1.29 is 18.7 Å². The molecule has 30 heavy (non-hydrogen) atoms. The van der Waals surface area contributed by atoms with Crippen molar-refractivity contribution in [2.24, 2.45) is 0 Å². The van der Waals surface area contributed by atoms with E-state index in [1.165, 1.54) is 24.3 Å². The monoisotopic (exact) mass is 402 g/mol. The van der Waals surface area contributed by atoms with Gasteiger partial charge in [-0.1, -0.05) is 42.5 Å². The predicted octanol–water partition coefficient (Wildman–Crippen LogP) is 4.62. The number of carbonyl (C=O) groups excluding carboxylic acids is 2. The number of hydrogen-bond donors (Lipinski definition) is 1. The summed E-state index contributed by atoms with van der Waals surface area (Å²) in [6, 6.07) is 21.4. The number of imide groups is 1. The fraction of sp³-hybridized carbons (Fsp3) is 0.0833. The second kappa shape index (κ2) is 8.21. The molecule has 0 saturated heterocycles. The molecule has 0 radical (unpaired) electrons. The second-order valence-electron chi connectivity index (χ2n) is 6.59. The summed E-state index contributed by atoms with van der Waals surface area (Å²) < 4.78 is 19.0. The van der Waals surface area contributed by atoms with Crippen molar-refractivity contribution in [3.63, 3.8) is 0 Å². The van der Waals surface area contributed by atoms with Crippen LogP contribution in [0.3, 0.4) is 0 Å². The van der Waals surface area contributed by atoms with Crippen molar-refractivity contribution >= 4 is 28.8 Å². The summed E-state index contributed by atoms with van der Waals surface area (Å²) in [5.41, 5.74) is 1.87. The highest BCUT2D eigenvalue weighted by Gasteiger charge is 2.40. The van der Waals surface area contributed by atoms with Crippen LogP contribution in [-0.4, -0.2) is 18.4 Å². The van der Waals surface area contributed by atoms with Gasteiger partial charge >= 0.3 is 0 Å². The van der Waals surface area contributed by atoms with Crippen molar-refractivity contribution in [3.05, 3.63) is 95.9 Å². The molecule has 0 spiro atoms. The van der Waals surface area contributed by atoms with Crippen LogP contribution in [0.4, 0.5) is 15.8 Å². The van der Waals surface area contributed by atoms with Gasteiger partial charge in [-0.05, 0) is 48.9 Å². The largest absolute Gasteiger partial charge is 0.492 e. The summed E-state index contributed by atoms with van der Waals surface area (Å²) >= 11 is 0. The molecule has 0 aromatic heterocycles. The molecule has 1 aliphatic rings. The normalized spacial score (nSPS) is 13.7. The molecule has 4 rings (SSSR count). The minimum Gasteiger partial charge on any atom is -0.492 e. The highest BCUT2D eigenvalue weighted by Crippen LogP contribution is 2.35. The molecule has 150 valence electrons. The van der Waals surface area contributed by atoms with Gasteiger partial charge < -0.3 is 10.1 Å². The topological polar surface area (TPSA) is 58.6 Å². The van der Waals surface area contributed by atoms with E-state index in [4.69, 9.17) is 4.74 Å². The van der Waals surface area contributed by atoms with E-state index in [0.29, 0.717) is 29.3 Å². The number of carbonyl (C=O) groups is 2. The van der Waals surface area contributed by atoms with Crippen molar-refractivity contribution in [3.8, 4) is 5.75 Å². The SMILES string of the molecule is CCOc1ccccc1NC1=C(c2ccccc2)C(=O)N(c2ccc(F)cc2)C1=O. The zero-order chi connectivity index (χ0) is 21.1. The third-order valence-electron chi connectivity index (χ3n) is 4.68. The minimum absolute atomic E-state index is 0.141. The highest BCUT2D eigenvalue weighted by molar-refractivity contribution is 6.46. The van der Waals surface area contributed by atoms with Crippen LogP contribution in [0, 0.1) is 5.82 Å². The van der Waals surface area contributed by atoms with Gasteiger partial charge in [0.05, 0.1) is 23.6 Å². The van der Waals surface area contributed by atoms with Crippen LogP contribution in [0.15, 0.2) is 84.6 Å². The van der Waals surface area contributed by atoms with Crippen LogP contribution in [0.2, 0.25) is 0 Å². The van der Waals surface area contributed by atoms with Crippen LogP contribution < -0.4 is 15.0 Å². The van der Waals surface area contributed by atoms with Gasteiger partial charge in [-0.25, -0.2) is 9.29 Å². The average molecular weight is 402 g/mol.